The average Bonchev–Trinajstić information content (AvgIpc) is 2.14. The molecule has 1 rings (SSSR count). The summed E-state index contributed by atoms with van der Waals surface area (Å²) in [7, 11) is -4.48. The number of benzene rings is 1. The second-order valence-electron chi connectivity index (χ2n) is 3.20. The van der Waals surface area contributed by atoms with Crippen LogP contribution in [0.4, 0.5) is 13.2 Å². The Morgan fingerprint density at radius 1 is 1.18 bits per heavy atom. The van der Waals surface area contributed by atoms with Gasteiger partial charge < -0.3 is 5.11 Å². The van der Waals surface area contributed by atoms with Crippen molar-refractivity contribution in [3.8, 4) is 0 Å². The highest BCUT2D eigenvalue weighted by atomic mass is 32.2. The Morgan fingerprint density at radius 2 is 1.65 bits per heavy atom. The molecule has 0 fully saturated rings. The molecule has 0 radical (unpaired) electrons. The quantitative estimate of drug-likeness (QED) is 0.906. The van der Waals surface area contributed by atoms with Crippen molar-refractivity contribution in [1.82, 2.24) is 0 Å². The Kier molecular flexibility index (Phi) is 3.46. The van der Waals surface area contributed by atoms with E-state index in [0.29, 0.717) is 0 Å². The van der Waals surface area contributed by atoms with Gasteiger partial charge in [0.05, 0.1) is 10.5 Å². The molecule has 0 aromatic heterocycles. The van der Waals surface area contributed by atoms with Crippen LogP contribution >= 0.6 is 0 Å². The Balaban J connectivity index is 3.05. The van der Waals surface area contributed by atoms with Gasteiger partial charge in [-0.3, -0.25) is 0 Å². The zero-order valence-corrected chi connectivity index (χ0v) is 9.05. The van der Waals surface area contributed by atoms with Crippen molar-refractivity contribution >= 4 is 15.8 Å². The number of carboxylic acid groups (broad SMARTS) is 1. The maximum atomic E-state index is 12.0. The second-order valence-corrected chi connectivity index (χ2v) is 5.19. The van der Waals surface area contributed by atoms with Crippen LogP contribution in [0, 0.1) is 0 Å². The smallest absolute Gasteiger partial charge is 0.403 e. The van der Waals surface area contributed by atoms with E-state index in [9.17, 15) is 26.4 Å². The zero-order valence-electron chi connectivity index (χ0n) is 8.23. The molecule has 0 saturated heterocycles. The maximum absolute atomic E-state index is 12.0. The number of hydrogen-bond donors (Lipinski definition) is 1. The van der Waals surface area contributed by atoms with Gasteiger partial charge in [0, 0.05) is 0 Å². The molecule has 0 aliphatic rings. The number of halogens is 3. The molecule has 94 valence electrons. The minimum absolute atomic E-state index is 0.198. The molecule has 0 saturated carbocycles. The molecule has 0 aliphatic carbocycles. The Bertz CT molecular complexity index is 516. The molecule has 0 unspecified atom stereocenters. The van der Waals surface area contributed by atoms with Crippen molar-refractivity contribution in [1.29, 1.82) is 0 Å². The summed E-state index contributed by atoms with van der Waals surface area (Å²) in [5.74, 6) is -3.25. The fraction of sp³-hybridized carbons (Fsp3) is 0.222. The van der Waals surface area contributed by atoms with Crippen LogP contribution in [0.15, 0.2) is 29.2 Å². The first kappa shape index (κ1) is 13.5. The third-order valence-corrected chi connectivity index (χ3v) is 3.51. The number of carbonyl (C=O) groups is 1. The fourth-order valence-corrected chi connectivity index (χ4v) is 2.25. The molecule has 0 atom stereocenters. The number of aromatic carboxylic acids is 1. The molecule has 1 aromatic carbocycles. The molecule has 0 amide bonds. The normalized spacial score (nSPS) is 12.4. The number of hydrogen-bond acceptors (Lipinski definition) is 3. The maximum Gasteiger partial charge on any atom is 0.403 e. The molecule has 17 heavy (non-hydrogen) atoms. The average molecular weight is 268 g/mol. The minimum atomic E-state index is -4.83. The van der Waals surface area contributed by atoms with E-state index in [1.807, 2.05) is 0 Å². The molecule has 8 heteroatoms. The second kappa shape index (κ2) is 4.36. The summed E-state index contributed by atoms with van der Waals surface area (Å²) < 4.78 is 58.4. The topological polar surface area (TPSA) is 71.4 Å². The van der Waals surface area contributed by atoms with Gasteiger partial charge in [-0.05, 0) is 24.3 Å². The van der Waals surface area contributed by atoms with E-state index in [4.69, 9.17) is 5.11 Å². The van der Waals surface area contributed by atoms with Crippen LogP contribution < -0.4 is 0 Å². The first-order valence-electron chi connectivity index (χ1n) is 4.25. The summed E-state index contributed by atoms with van der Waals surface area (Å²) in [5.41, 5.74) is -0.198. The monoisotopic (exact) mass is 268 g/mol. The van der Waals surface area contributed by atoms with Gasteiger partial charge in [-0.1, -0.05) is 0 Å². The van der Waals surface area contributed by atoms with Crippen LogP contribution in [0.25, 0.3) is 0 Å². The molecule has 0 bridgehead atoms. The van der Waals surface area contributed by atoms with Gasteiger partial charge in [-0.15, -0.1) is 0 Å². The molecular weight excluding hydrogens is 261 g/mol. The third kappa shape index (κ3) is 3.74. The zero-order chi connectivity index (χ0) is 13.3. The van der Waals surface area contributed by atoms with E-state index in [2.05, 4.69) is 0 Å². The molecule has 0 spiro atoms. The standard InChI is InChI=1S/C9H7F3O4S/c10-9(11,12)5-17(15,16)7-3-1-6(2-4-7)8(13)14/h1-4H,5H2,(H,13,14). The van der Waals surface area contributed by atoms with E-state index in [1.165, 1.54) is 0 Å². The van der Waals surface area contributed by atoms with Crippen molar-refractivity contribution in [2.24, 2.45) is 0 Å². The summed E-state index contributed by atoms with van der Waals surface area (Å²) in [5, 5.41) is 8.54. The predicted molar refractivity (Wildman–Crippen MR) is 51.5 cm³/mol. The SMILES string of the molecule is O=C(O)c1ccc(S(=O)(=O)CC(F)(F)F)cc1. The Labute approximate surface area is 94.6 Å². The fourth-order valence-electron chi connectivity index (χ4n) is 1.10. The van der Waals surface area contributed by atoms with Gasteiger partial charge in [0.25, 0.3) is 0 Å². The number of alkyl halides is 3. The van der Waals surface area contributed by atoms with Crippen LogP contribution in [0.2, 0.25) is 0 Å². The molecular formula is C9H7F3O4S. The molecule has 0 aliphatic heterocycles. The number of rotatable bonds is 3. The highest BCUT2D eigenvalue weighted by molar-refractivity contribution is 7.91. The lowest BCUT2D eigenvalue weighted by molar-refractivity contribution is -0.106. The van der Waals surface area contributed by atoms with E-state index in [1.54, 1.807) is 0 Å². The largest absolute Gasteiger partial charge is 0.478 e. The third-order valence-electron chi connectivity index (χ3n) is 1.81. The molecule has 1 aromatic rings. The molecule has 1 N–H and O–H groups in total. The van der Waals surface area contributed by atoms with Gasteiger partial charge >= 0.3 is 12.1 Å². The Morgan fingerprint density at radius 3 is 2.00 bits per heavy atom. The van der Waals surface area contributed by atoms with Gasteiger partial charge in [0.15, 0.2) is 15.6 Å². The van der Waals surface area contributed by atoms with Crippen LogP contribution in [0.5, 0.6) is 0 Å². The van der Waals surface area contributed by atoms with Crippen LogP contribution in [0.3, 0.4) is 0 Å². The number of carboxylic acids is 1. The summed E-state index contributed by atoms with van der Waals surface area (Å²) in [6.45, 7) is 0. The minimum Gasteiger partial charge on any atom is -0.478 e. The Hall–Kier alpha value is -1.57. The van der Waals surface area contributed by atoms with E-state index in [0.717, 1.165) is 24.3 Å². The summed E-state index contributed by atoms with van der Waals surface area (Å²) in [4.78, 5) is 9.91. The van der Waals surface area contributed by atoms with E-state index in [-0.39, 0.29) is 5.56 Å². The molecule has 4 nitrogen and oxygen atoms in total. The van der Waals surface area contributed by atoms with Crippen LogP contribution in [0.1, 0.15) is 10.4 Å². The first-order valence-corrected chi connectivity index (χ1v) is 5.90. The van der Waals surface area contributed by atoms with Crippen LogP contribution in [-0.4, -0.2) is 31.4 Å². The van der Waals surface area contributed by atoms with Crippen molar-refractivity contribution < 1.29 is 31.5 Å². The lowest BCUT2D eigenvalue weighted by atomic mass is 10.2. The lowest BCUT2D eigenvalue weighted by Gasteiger charge is -2.07. The van der Waals surface area contributed by atoms with Gasteiger partial charge in [0.1, 0.15) is 0 Å². The number of sulfone groups is 1. The van der Waals surface area contributed by atoms with Gasteiger partial charge in [0.2, 0.25) is 0 Å². The van der Waals surface area contributed by atoms with Crippen LogP contribution in [-0.2, 0) is 9.84 Å². The highest BCUT2D eigenvalue weighted by Gasteiger charge is 2.35. The lowest BCUT2D eigenvalue weighted by Crippen LogP contribution is -2.22. The first-order chi connectivity index (χ1) is 7.62. The van der Waals surface area contributed by atoms with Crippen molar-refractivity contribution in [2.75, 3.05) is 5.75 Å². The summed E-state index contributed by atoms with van der Waals surface area (Å²) in [6.07, 6.45) is -4.83. The van der Waals surface area contributed by atoms with Crippen molar-refractivity contribution in [3.63, 3.8) is 0 Å². The molecule has 0 heterocycles. The van der Waals surface area contributed by atoms with E-state index < -0.39 is 32.6 Å². The predicted octanol–water partition coefficient (Wildman–Crippen LogP) is 1.72. The summed E-state index contributed by atoms with van der Waals surface area (Å²) >= 11 is 0. The van der Waals surface area contributed by atoms with Gasteiger partial charge in [-0.2, -0.15) is 13.2 Å². The highest BCUT2D eigenvalue weighted by Crippen LogP contribution is 2.22. The van der Waals surface area contributed by atoms with Crippen molar-refractivity contribution in [2.45, 2.75) is 11.1 Å². The van der Waals surface area contributed by atoms with Gasteiger partial charge in [-0.25, -0.2) is 13.2 Å². The van der Waals surface area contributed by atoms with Crippen molar-refractivity contribution in [3.05, 3.63) is 29.8 Å². The van der Waals surface area contributed by atoms with E-state index >= 15 is 0 Å². The summed E-state index contributed by atoms with van der Waals surface area (Å²) in [6, 6.07) is 3.55.